The Kier molecular flexibility index (Phi) is 10.3. The maximum Gasteiger partial charge on any atom is 0.244 e. The summed E-state index contributed by atoms with van der Waals surface area (Å²) < 4.78 is 26.8. The molecule has 10 heteroatoms. The number of hydrogen-bond acceptors (Lipinski definition) is 4. The first-order chi connectivity index (χ1) is 17.5. The molecule has 0 aliphatic heterocycles. The molecule has 1 aliphatic carbocycles. The number of nitrogens with zero attached hydrogens (tertiary/aromatic N) is 2. The summed E-state index contributed by atoms with van der Waals surface area (Å²) in [6, 6.07) is 11.4. The molecule has 1 saturated carbocycles. The van der Waals surface area contributed by atoms with Crippen LogP contribution in [-0.4, -0.2) is 50.0 Å². The van der Waals surface area contributed by atoms with Crippen molar-refractivity contribution in [2.45, 2.75) is 71.0 Å². The molecule has 2 amide bonds. The molecule has 0 unspecified atom stereocenters. The second-order valence-electron chi connectivity index (χ2n) is 9.42. The summed E-state index contributed by atoms with van der Waals surface area (Å²) in [5, 5.41) is 3.91. The van der Waals surface area contributed by atoms with Gasteiger partial charge in [-0.3, -0.25) is 13.9 Å². The van der Waals surface area contributed by atoms with E-state index in [1.54, 1.807) is 30.3 Å². The third-order valence-corrected chi connectivity index (χ3v) is 8.48. The molecular formula is C27H35Cl2N3O4S. The van der Waals surface area contributed by atoms with E-state index in [0.717, 1.165) is 41.8 Å². The summed E-state index contributed by atoms with van der Waals surface area (Å²) >= 11 is 12.5. The van der Waals surface area contributed by atoms with Gasteiger partial charge in [-0.25, -0.2) is 8.42 Å². The number of carbonyl (C=O) groups is 2. The van der Waals surface area contributed by atoms with Crippen molar-refractivity contribution in [3.63, 3.8) is 0 Å². The molecule has 37 heavy (non-hydrogen) atoms. The Morgan fingerprint density at radius 2 is 1.73 bits per heavy atom. The van der Waals surface area contributed by atoms with Crippen LogP contribution in [0.4, 0.5) is 5.69 Å². The van der Waals surface area contributed by atoms with Gasteiger partial charge in [-0.05, 0) is 55.0 Å². The molecular weight excluding hydrogens is 533 g/mol. The number of anilines is 1. The fourth-order valence-corrected chi connectivity index (χ4v) is 6.12. The summed E-state index contributed by atoms with van der Waals surface area (Å²) in [6.07, 6.45) is 5.98. The molecule has 1 fully saturated rings. The Hall–Kier alpha value is -2.29. The molecule has 1 N–H and O–H groups in total. The van der Waals surface area contributed by atoms with E-state index in [2.05, 4.69) is 5.32 Å². The van der Waals surface area contributed by atoms with E-state index in [-0.39, 0.29) is 18.5 Å². The molecule has 0 radical (unpaired) electrons. The van der Waals surface area contributed by atoms with Crippen LogP contribution < -0.4 is 9.62 Å². The lowest BCUT2D eigenvalue weighted by Gasteiger charge is -2.34. The van der Waals surface area contributed by atoms with E-state index >= 15 is 0 Å². The van der Waals surface area contributed by atoms with E-state index in [0.29, 0.717) is 34.1 Å². The maximum atomic E-state index is 13.9. The van der Waals surface area contributed by atoms with Crippen molar-refractivity contribution < 1.29 is 18.0 Å². The number of aryl methyl sites for hydroxylation is 1. The van der Waals surface area contributed by atoms with Gasteiger partial charge in [-0.15, -0.1) is 0 Å². The van der Waals surface area contributed by atoms with Crippen molar-refractivity contribution in [2.75, 3.05) is 17.1 Å². The van der Waals surface area contributed by atoms with Crippen molar-refractivity contribution in [3.8, 4) is 0 Å². The quantitative estimate of drug-likeness (QED) is 0.405. The van der Waals surface area contributed by atoms with Crippen molar-refractivity contribution in [2.24, 2.45) is 0 Å². The van der Waals surface area contributed by atoms with Crippen molar-refractivity contribution in [1.82, 2.24) is 10.2 Å². The molecule has 0 heterocycles. The molecule has 2 aromatic carbocycles. The Morgan fingerprint density at radius 1 is 1.05 bits per heavy atom. The number of rotatable bonds is 11. The van der Waals surface area contributed by atoms with Crippen LogP contribution in [0.5, 0.6) is 0 Å². The molecule has 202 valence electrons. The lowest BCUT2D eigenvalue weighted by molar-refractivity contribution is -0.140. The van der Waals surface area contributed by atoms with E-state index in [9.17, 15) is 18.0 Å². The highest BCUT2D eigenvalue weighted by molar-refractivity contribution is 7.92. The standard InChI is InChI=1S/C27H35Cl2N3O4S/c1-4-19-10-6-9-13-25(19)32(37(3,35)36)18-26(33)31(17-20-14-15-21(28)16-23(20)29)24(5-2)27(34)30-22-11-7-8-12-22/h6,9-10,13-16,22,24H,4-5,7-8,11-12,17-18H2,1-3H3,(H,30,34)/t24-/m1/s1. The van der Waals surface area contributed by atoms with E-state index in [4.69, 9.17) is 23.2 Å². The van der Waals surface area contributed by atoms with Gasteiger partial charge in [0.05, 0.1) is 11.9 Å². The van der Waals surface area contributed by atoms with Crippen LogP contribution >= 0.6 is 23.2 Å². The minimum absolute atomic E-state index is 0.0401. The molecule has 2 aromatic rings. The topological polar surface area (TPSA) is 86.8 Å². The van der Waals surface area contributed by atoms with Crippen molar-refractivity contribution in [1.29, 1.82) is 0 Å². The van der Waals surface area contributed by atoms with Gasteiger partial charge >= 0.3 is 0 Å². The third kappa shape index (κ3) is 7.62. The zero-order valence-corrected chi connectivity index (χ0v) is 23.9. The first-order valence-electron chi connectivity index (χ1n) is 12.6. The third-order valence-electron chi connectivity index (χ3n) is 6.76. The smallest absolute Gasteiger partial charge is 0.244 e. The van der Waals surface area contributed by atoms with Crippen molar-refractivity contribution in [3.05, 3.63) is 63.6 Å². The molecule has 0 spiro atoms. The van der Waals surface area contributed by atoms with Crippen LogP contribution in [0.2, 0.25) is 10.0 Å². The highest BCUT2D eigenvalue weighted by atomic mass is 35.5. The molecule has 0 saturated heterocycles. The molecule has 1 atom stereocenters. The van der Waals surface area contributed by atoms with Gasteiger partial charge in [0.15, 0.2) is 0 Å². The number of sulfonamides is 1. The number of amides is 2. The van der Waals surface area contributed by atoms with Crippen LogP contribution in [0.3, 0.4) is 0 Å². The lowest BCUT2D eigenvalue weighted by atomic mass is 10.1. The first-order valence-corrected chi connectivity index (χ1v) is 15.2. The first kappa shape index (κ1) is 29.3. The summed E-state index contributed by atoms with van der Waals surface area (Å²) in [4.78, 5) is 28.7. The Bertz CT molecular complexity index is 1220. The minimum atomic E-state index is -3.80. The minimum Gasteiger partial charge on any atom is -0.352 e. The predicted octanol–water partition coefficient (Wildman–Crippen LogP) is 5.19. The number of benzene rings is 2. The highest BCUT2D eigenvalue weighted by Gasteiger charge is 2.33. The Labute approximate surface area is 230 Å². The summed E-state index contributed by atoms with van der Waals surface area (Å²) in [5.74, 6) is -0.733. The predicted molar refractivity (Wildman–Crippen MR) is 149 cm³/mol. The largest absolute Gasteiger partial charge is 0.352 e. The van der Waals surface area contributed by atoms with Gasteiger partial charge in [0, 0.05) is 22.6 Å². The van der Waals surface area contributed by atoms with Gasteiger partial charge in [0.1, 0.15) is 12.6 Å². The second-order valence-corrected chi connectivity index (χ2v) is 12.2. The van der Waals surface area contributed by atoms with Crippen LogP contribution in [0, 0.1) is 0 Å². The molecule has 7 nitrogen and oxygen atoms in total. The van der Waals surface area contributed by atoms with Gasteiger partial charge in [-0.2, -0.15) is 0 Å². The number of para-hydroxylation sites is 1. The van der Waals surface area contributed by atoms with Crippen molar-refractivity contribution >= 4 is 50.7 Å². The SMILES string of the molecule is CCc1ccccc1N(CC(=O)N(Cc1ccc(Cl)cc1Cl)[C@H](CC)C(=O)NC1CCCC1)S(C)(=O)=O. The van der Waals surface area contributed by atoms with E-state index in [1.165, 1.54) is 4.90 Å². The maximum absolute atomic E-state index is 13.9. The monoisotopic (exact) mass is 567 g/mol. The summed E-state index contributed by atoms with van der Waals surface area (Å²) in [6.45, 7) is 3.37. The van der Waals surface area contributed by atoms with Crippen LogP contribution in [-0.2, 0) is 32.6 Å². The highest BCUT2D eigenvalue weighted by Crippen LogP contribution is 2.27. The molecule has 1 aliphatic rings. The number of nitrogens with one attached hydrogen (secondary N) is 1. The normalized spacial score (nSPS) is 14.8. The Balaban J connectivity index is 1.97. The average Bonchev–Trinajstić information content (AvgIpc) is 3.35. The van der Waals surface area contributed by atoms with Gasteiger partial charge in [0.25, 0.3) is 0 Å². The number of hydrogen-bond donors (Lipinski definition) is 1. The van der Waals surface area contributed by atoms with Gasteiger partial charge < -0.3 is 10.2 Å². The molecule has 3 rings (SSSR count). The zero-order valence-electron chi connectivity index (χ0n) is 21.5. The second kappa shape index (κ2) is 13.0. The number of carbonyl (C=O) groups excluding carboxylic acids is 2. The fourth-order valence-electron chi connectivity index (χ4n) is 4.77. The van der Waals surface area contributed by atoms with E-state index < -0.39 is 28.5 Å². The number of halogens is 2. The van der Waals surface area contributed by atoms with Crippen LogP contribution in [0.1, 0.15) is 57.1 Å². The van der Waals surface area contributed by atoms with Crippen LogP contribution in [0.25, 0.3) is 0 Å². The lowest BCUT2D eigenvalue weighted by Crippen LogP contribution is -2.53. The zero-order chi connectivity index (χ0) is 27.2. The van der Waals surface area contributed by atoms with Crippen LogP contribution in [0.15, 0.2) is 42.5 Å². The van der Waals surface area contributed by atoms with Gasteiger partial charge in [-0.1, -0.05) is 74.2 Å². The fraction of sp³-hybridized carbons (Fsp3) is 0.481. The average molecular weight is 569 g/mol. The molecule has 0 aromatic heterocycles. The summed E-state index contributed by atoms with van der Waals surface area (Å²) in [7, 11) is -3.80. The Morgan fingerprint density at radius 3 is 2.32 bits per heavy atom. The van der Waals surface area contributed by atoms with Gasteiger partial charge in [0.2, 0.25) is 21.8 Å². The van der Waals surface area contributed by atoms with E-state index in [1.807, 2.05) is 26.0 Å². The molecule has 0 bridgehead atoms. The summed E-state index contributed by atoms with van der Waals surface area (Å²) in [5.41, 5.74) is 1.87.